The van der Waals surface area contributed by atoms with Gasteiger partial charge in [0, 0.05) is 17.3 Å². The van der Waals surface area contributed by atoms with E-state index in [9.17, 15) is 18.0 Å². The quantitative estimate of drug-likeness (QED) is 0.619. The lowest BCUT2D eigenvalue weighted by Gasteiger charge is -2.10. The van der Waals surface area contributed by atoms with Crippen molar-refractivity contribution < 1.29 is 22.7 Å². The highest BCUT2D eigenvalue weighted by Gasteiger charge is 2.30. The molecular formula is C20H15ClF3N3O2. The van der Waals surface area contributed by atoms with Crippen LogP contribution in [-0.2, 0) is 11.0 Å². The fraction of sp³-hybridized carbons (Fsp3) is 0.150. The first-order valence-electron chi connectivity index (χ1n) is 8.43. The number of para-hydroxylation sites is 1. The number of carbonyl (C=O) groups is 1. The number of nitrogens with one attached hydrogen (secondary N) is 1. The fourth-order valence-electron chi connectivity index (χ4n) is 2.44. The van der Waals surface area contributed by atoms with E-state index >= 15 is 0 Å². The number of nitrogens with zero attached hydrogens (tertiary/aromatic N) is 2. The maximum atomic E-state index is 12.7. The molecule has 1 heterocycles. The maximum Gasteiger partial charge on any atom is 0.416 e. The number of amides is 1. The lowest BCUT2D eigenvalue weighted by molar-refractivity contribution is -0.137. The molecule has 0 fully saturated rings. The average molecular weight is 422 g/mol. The number of anilines is 1. The van der Waals surface area contributed by atoms with Gasteiger partial charge in [0.15, 0.2) is 12.4 Å². The predicted octanol–water partition coefficient (Wildman–Crippen LogP) is 5.14. The van der Waals surface area contributed by atoms with Gasteiger partial charge in [-0.25, -0.2) is 4.98 Å². The number of aromatic nitrogens is 2. The first kappa shape index (κ1) is 20.6. The Bertz CT molecular complexity index is 1020. The molecule has 0 aliphatic heterocycles. The third-order valence-corrected chi connectivity index (χ3v) is 4.13. The van der Waals surface area contributed by atoms with Gasteiger partial charge < -0.3 is 10.1 Å². The molecule has 0 aliphatic carbocycles. The molecule has 3 aromatic rings. The minimum atomic E-state index is -4.42. The number of rotatable bonds is 5. The highest BCUT2D eigenvalue weighted by atomic mass is 35.5. The third-order valence-electron chi connectivity index (χ3n) is 3.80. The summed E-state index contributed by atoms with van der Waals surface area (Å²) in [5.41, 5.74) is 0.622. The Morgan fingerprint density at radius 3 is 2.45 bits per heavy atom. The molecule has 0 bridgehead atoms. The van der Waals surface area contributed by atoms with E-state index in [1.165, 1.54) is 18.2 Å². The molecule has 1 amide bonds. The summed E-state index contributed by atoms with van der Waals surface area (Å²) in [5, 5.41) is 3.01. The normalized spacial score (nSPS) is 11.2. The number of ether oxygens (including phenoxy) is 1. The predicted molar refractivity (Wildman–Crippen MR) is 103 cm³/mol. The second kappa shape index (κ2) is 8.48. The monoisotopic (exact) mass is 421 g/mol. The minimum absolute atomic E-state index is 0.127. The van der Waals surface area contributed by atoms with Crippen molar-refractivity contribution in [2.75, 3.05) is 11.9 Å². The van der Waals surface area contributed by atoms with Gasteiger partial charge in [-0.2, -0.15) is 18.2 Å². The zero-order valence-corrected chi connectivity index (χ0v) is 15.9. The topological polar surface area (TPSA) is 64.1 Å². The highest BCUT2D eigenvalue weighted by Crippen LogP contribution is 2.30. The van der Waals surface area contributed by atoms with Crippen LogP contribution < -0.4 is 10.1 Å². The molecule has 0 saturated carbocycles. The lowest BCUT2D eigenvalue weighted by Crippen LogP contribution is -2.20. The van der Waals surface area contributed by atoms with Crippen molar-refractivity contribution in [1.29, 1.82) is 0 Å². The highest BCUT2D eigenvalue weighted by molar-refractivity contribution is 6.33. The molecular weight excluding hydrogens is 407 g/mol. The number of aryl methyl sites for hydroxylation is 1. The van der Waals surface area contributed by atoms with Crippen LogP contribution in [0.2, 0.25) is 5.02 Å². The number of carbonyl (C=O) groups excluding carboxylic acids is 1. The van der Waals surface area contributed by atoms with E-state index in [-0.39, 0.29) is 18.3 Å². The van der Waals surface area contributed by atoms with E-state index in [0.29, 0.717) is 22.0 Å². The average Bonchev–Trinajstić information content (AvgIpc) is 2.67. The maximum absolute atomic E-state index is 12.7. The van der Waals surface area contributed by atoms with Gasteiger partial charge in [0.05, 0.1) is 16.3 Å². The van der Waals surface area contributed by atoms with E-state index in [1.54, 1.807) is 31.2 Å². The Morgan fingerprint density at radius 2 is 1.79 bits per heavy atom. The van der Waals surface area contributed by atoms with Crippen LogP contribution in [-0.4, -0.2) is 22.5 Å². The Kier molecular flexibility index (Phi) is 6.03. The van der Waals surface area contributed by atoms with E-state index in [1.807, 2.05) is 0 Å². The van der Waals surface area contributed by atoms with E-state index in [0.717, 1.165) is 12.1 Å². The van der Waals surface area contributed by atoms with Crippen LogP contribution in [0.15, 0.2) is 54.6 Å². The Morgan fingerprint density at radius 1 is 1.10 bits per heavy atom. The van der Waals surface area contributed by atoms with Gasteiger partial charge in [0.25, 0.3) is 5.91 Å². The lowest BCUT2D eigenvalue weighted by atomic mass is 10.1. The molecule has 1 N–H and O–H groups in total. The number of halogens is 4. The summed E-state index contributed by atoms with van der Waals surface area (Å²) in [6.07, 6.45) is -4.42. The van der Waals surface area contributed by atoms with Gasteiger partial charge in [-0.1, -0.05) is 35.9 Å². The molecule has 0 atom stereocenters. The summed E-state index contributed by atoms with van der Waals surface area (Å²) < 4.78 is 43.5. The van der Waals surface area contributed by atoms with Crippen molar-refractivity contribution in [1.82, 2.24) is 9.97 Å². The van der Waals surface area contributed by atoms with Crippen LogP contribution in [0.4, 0.5) is 18.9 Å². The second-order valence-corrected chi connectivity index (χ2v) is 6.47. The summed E-state index contributed by atoms with van der Waals surface area (Å²) in [6, 6.07) is 12.8. The van der Waals surface area contributed by atoms with Crippen LogP contribution in [0.1, 0.15) is 11.3 Å². The summed E-state index contributed by atoms with van der Waals surface area (Å²) in [5.74, 6) is -0.118. The smallest absolute Gasteiger partial charge is 0.416 e. The molecule has 0 unspecified atom stereocenters. The summed E-state index contributed by atoms with van der Waals surface area (Å²) in [6.45, 7) is 1.36. The third kappa shape index (κ3) is 5.45. The van der Waals surface area contributed by atoms with E-state index in [4.69, 9.17) is 16.3 Å². The molecule has 3 rings (SSSR count). The summed E-state index contributed by atoms with van der Waals surface area (Å²) in [7, 11) is 0. The molecule has 0 spiro atoms. The van der Waals surface area contributed by atoms with Crippen LogP contribution >= 0.6 is 11.6 Å². The van der Waals surface area contributed by atoms with Gasteiger partial charge >= 0.3 is 6.18 Å². The number of hydrogen-bond acceptors (Lipinski definition) is 4. The molecule has 0 aliphatic rings. The van der Waals surface area contributed by atoms with Crippen molar-refractivity contribution in [3.63, 3.8) is 0 Å². The number of hydrogen-bond donors (Lipinski definition) is 1. The Labute approximate surface area is 169 Å². The molecule has 29 heavy (non-hydrogen) atoms. The first-order chi connectivity index (χ1) is 13.7. The van der Waals surface area contributed by atoms with Crippen LogP contribution in [0.5, 0.6) is 5.88 Å². The summed E-state index contributed by atoms with van der Waals surface area (Å²) >= 11 is 5.99. The Balaban J connectivity index is 1.70. The zero-order chi connectivity index (χ0) is 21.0. The van der Waals surface area contributed by atoms with Gasteiger partial charge in [-0.3, -0.25) is 4.79 Å². The van der Waals surface area contributed by atoms with Gasteiger partial charge in [-0.05, 0) is 31.2 Å². The van der Waals surface area contributed by atoms with Crippen molar-refractivity contribution in [2.45, 2.75) is 13.1 Å². The molecule has 1 aromatic heterocycles. The standard InChI is InChI=1S/C20H15ClF3N3O2/c1-12-10-18(29-11-17(28)26-16-5-3-2-4-15(16)21)27-19(25-12)13-6-8-14(9-7-13)20(22,23)24/h2-10H,11H2,1H3,(H,26,28). The Hall–Kier alpha value is -3.13. The largest absolute Gasteiger partial charge is 0.467 e. The van der Waals surface area contributed by atoms with E-state index < -0.39 is 17.6 Å². The first-order valence-corrected chi connectivity index (χ1v) is 8.80. The van der Waals surface area contributed by atoms with Crippen molar-refractivity contribution >= 4 is 23.2 Å². The molecule has 9 heteroatoms. The van der Waals surface area contributed by atoms with Gasteiger partial charge in [0.1, 0.15) is 0 Å². The van der Waals surface area contributed by atoms with Crippen LogP contribution in [0.3, 0.4) is 0 Å². The molecule has 150 valence electrons. The second-order valence-electron chi connectivity index (χ2n) is 6.06. The van der Waals surface area contributed by atoms with Crippen molar-refractivity contribution in [2.24, 2.45) is 0 Å². The van der Waals surface area contributed by atoms with Gasteiger partial charge in [0.2, 0.25) is 5.88 Å². The number of alkyl halides is 3. The molecule has 0 radical (unpaired) electrons. The van der Waals surface area contributed by atoms with Crippen LogP contribution in [0, 0.1) is 6.92 Å². The van der Waals surface area contributed by atoms with Gasteiger partial charge in [-0.15, -0.1) is 0 Å². The number of benzene rings is 2. The summed E-state index contributed by atoms with van der Waals surface area (Å²) in [4.78, 5) is 20.4. The zero-order valence-electron chi connectivity index (χ0n) is 15.1. The molecule has 2 aromatic carbocycles. The van der Waals surface area contributed by atoms with Crippen molar-refractivity contribution in [3.8, 4) is 17.3 Å². The molecule has 0 saturated heterocycles. The SMILES string of the molecule is Cc1cc(OCC(=O)Nc2ccccc2Cl)nc(-c2ccc(C(F)(F)F)cc2)n1. The van der Waals surface area contributed by atoms with Crippen LogP contribution in [0.25, 0.3) is 11.4 Å². The van der Waals surface area contributed by atoms with Crippen molar-refractivity contribution in [3.05, 3.63) is 70.9 Å². The van der Waals surface area contributed by atoms with E-state index in [2.05, 4.69) is 15.3 Å². The molecule has 5 nitrogen and oxygen atoms in total. The minimum Gasteiger partial charge on any atom is -0.467 e. The fourth-order valence-corrected chi connectivity index (χ4v) is 2.62.